The van der Waals surface area contributed by atoms with Crippen molar-refractivity contribution in [3.8, 4) is 0 Å². The van der Waals surface area contributed by atoms with Gasteiger partial charge in [-0.1, -0.05) is 6.92 Å². The Morgan fingerprint density at radius 1 is 1.25 bits per heavy atom. The summed E-state index contributed by atoms with van der Waals surface area (Å²) in [7, 11) is 0. The van der Waals surface area contributed by atoms with Crippen LogP contribution in [0.15, 0.2) is 0 Å². The van der Waals surface area contributed by atoms with Crippen molar-refractivity contribution in [2.75, 3.05) is 0 Å². The number of carbonyl (C=O) groups excluding carboxylic acids is 1. The van der Waals surface area contributed by atoms with Gasteiger partial charge in [-0.25, -0.2) is 4.79 Å². The van der Waals surface area contributed by atoms with Crippen molar-refractivity contribution in [3.05, 3.63) is 0 Å². The molecule has 1 unspecified atom stereocenters. The van der Waals surface area contributed by atoms with Gasteiger partial charge in [0.2, 0.25) is 5.78 Å². The van der Waals surface area contributed by atoms with Gasteiger partial charge in [-0.05, 0) is 0 Å². The van der Waals surface area contributed by atoms with E-state index in [1.807, 2.05) is 0 Å². The molecule has 6 heteroatoms. The first-order valence-electron chi connectivity index (χ1n) is 2.94. The molecule has 0 aromatic heterocycles. The second kappa shape index (κ2) is 6.39. The zero-order valence-electron chi connectivity index (χ0n) is 5.90. The Hall–Kier alpha value is -0.130. The van der Waals surface area contributed by atoms with Crippen molar-refractivity contribution in [2.45, 2.75) is 13.3 Å². The van der Waals surface area contributed by atoms with Crippen LogP contribution in [0.5, 0.6) is 0 Å². The van der Waals surface area contributed by atoms with Gasteiger partial charge in [0.25, 0.3) is 0 Å². The van der Waals surface area contributed by atoms with E-state index in [0.29, 0.717) is 0 Å². The van der Waals surface area contributed by atoms with Crippen LogP contribution in [-0.4, -0.2) is 65.7 Å². The van der Waals surface area contributed by atoms with E-state index in [-0.39, 0.29) is 37.7 Å². The Morgan fingerprint density at radius 2 is 1.67 bits per heavy atom. The predicted octanol–water partition coefficient (Wildman–Crippen LogP) is -1.17. The number of carboxylic acids is 2. The van der Waals surface area contributed by atoms with Gasteiger partial charge in [0.05, 0.1) is 5.92 Å². The quantitative estimate of drug-likeness (QED) is 0.443. The molecule has 0 saturated heterocycles. The Morgan fingerprint density at radius 3 is 1.92 bits per heavy atom. The summed E-state index contributed by atoms with van der Waals surface area (Å²) in [6, 6.07) is 0. The van der Waals surface area contributed by atoms with Crippen LogP contribution in [0.3, 0.4) is 0 Å². The third-order valence-corrected chi connectivity index (χ3v) is 1.15. The molecule has 0 radical (unpaired) electrons. The predicted molar refractivity (Wildman–Crippen MR) is 42.6 cm³/mol. The van der Waals surface area contributed by atoms with Gasteiger partial charge < -0.3 is 10.2 Å². The van der Waals surface area contributed by atoms with E-state index in [2.05, 4.69) is 0 Å². The molecule has 66 valence electrons. The monoisotopic (exact) mass is 202 g/mol. The second-order valence-electron chi connectivity index (χ2n) is 2.17. The summed E-state index contributed by atoms with van der Waals surface area (Å²) in [5.74, 6) is -4.75. The van der Waals surface area contributed by atoms with Gasteiger partial charge in [-0.15, -0.1) is 0 Å². The first-order chi connectivity index (χ1) is 4.95. The maximum absolute atomic E-state index is 10.4. The number of hydrogen-bond acceptors (Lipinski definition) is 3. The van der Waals surface area contributed by atoms with Crippen molar-refractivity contribution < 1.29 is 24.6 Å². The summed E-state index contributed by atoms with van der Waals surface area (Å²) < 4.78 is 0. The van der Waals surface area contributed by atoms with Gasteiger partial charge in [0.15, 0.2) is 0 Å². The zero-order chi connectivity index (χ0) is 9.02. The molecule has 0 aliphatic carbocycles. The average molecular weight is 202 g/mol. The first-order valence-corrected chi connectivity index (χ1v) is 2.94. The molecule has 2 N–H and O–H groups in total. The van der Waals surface area contributed by atoms with Crippen LogP contribution in [0.4, 0.5) is 0 Å². The molecule has 0 amide bonds. The molecule has 5 nitrogen and oxygen atoms in total. The molecule has 0 fully saturated rings. The number of ketones is 1. The van der Waals surface area contributed by atoms with Crippen molar-refractivity contribution in [1.29, 1.82) is 0 Å². The van der Waals surface area contributed by atoms with Gasteiger partial charge in [0, 0.05) is 6.42 Å². The molecule has 12 heavy (non-hydrogen) atoms. The summed E-state index contributed by atoms with van der Waals surface area (Å²) >= 11 is 0. The number of Topliss-reactive ketones (excluding diaryl/α,β-unsaturated/α-hetero) is 1. The van der Waals surface area contributed by atoms with Crippen LogP contribution in [0.25, 0.3) is 0 Å². The number of carbonyl (C=O) groups is 3. The van der Waals surface area contributed by atoms with Crippen molar-refractivity contribution in [1.82, 2.24) is 0 Å². The molecule has 0 aliphatic heterocycles. The van der Waals surface area contributed by atoms with E-state index in [1.165, 1.54) is 6.92 Å². The van der Waals surface area contributed by atoms with Crippen molar-refractivity contribution >= 4 is 55.5 Å². The molecule has 0 spiro atoms. The molecule has 0 saturated carbocycles. The fourth-order valence-electron chi connectivity index (χ4n) is 0.453. The van der Waals surface area contributed by atoms with E-state index in [0.717, 1.165) is 0 Å². The van der Waals surface area contributed by atoms with E-state index in [4.69, 9.17) is 10.2 Å². The van der Waals surface area contributed by atoms with Crippen LogP contribution >= 0.6 is 0 Å². The number of rotatable bonds is 4. The molecule has 0 aromatic rings. The van der Waals surface area contributed by atoms with Gasteiger partial charge >= 0.3 is 49.7 Å². The minimum absolute atomic E-state index is 0. The topological polar surface area (TPSA) is 91.7 Å². The van der Waals surface area contributed by atoms with Gasteiger partial charge in [0.1, 0.15) is 0 Å². The third kappa shape index (κ3) is 5.51. The number of carboxylic acid groups (broad SMARTS) is 2. The van der Waals surface area contributed by atoms with Gasteiger partial charge in [-0.3, -0.25) is 9.59 Å². The maximum atomic E-state index is 10.4. The van der Waals surface area contributed by atoms with Crippen LogP contribution in [-0.2, 0) is 14.4 Å². The SMILES string of the molecule is CC(CC(=O)C(=O)O)C(=O)O.[CaH2]. The van der Waals surface area contributed by atoms with Crippen LogP contribution < -0.4 is 0 Å². The summed E-state index contributed by atoms with van der Waals surface area (Å²) in [6.45, 7) is 1.28. The minimum atomic E-state index is -1.59. The van der Waals surface area contributed by atoms with Crippen LogP contribution in [0, 0.1) is 5.92 Å². The Kier molecular flexibility index (Phi) is 7.67. The van der Waals surface area contributed by atoms with Gasteiger partial charge in [-0.2, -0.15) is 0 Å². The summed E-state index contributed by atoms with van der Waals surface area (Å²) in [6.07, 6.45) is -0.454. The normalized spacial score (nSPS) is 11.1. The van der Waals surface area contributed by atoms with E-state index in [9.17, 15) is 14.4 Å². The third-order valence-electron chi connectivity index (χ3n) is 1.15. The number of aliphatic carboxylic acids is 2. The van der Waals surface area contributed by atoms with Crippen LogP contribution in [0.1, 0.15) is 13.3 Å². The van der Waals surface area contributed by atoms with E-state index >= 15 is 0 Å². The average Bonchev–Trinajstić information content (AvgIpc) is 1.87. The molecular weight excluding hydrogens is 192 g/mol. The Labute approximate surface area is 98.8 Å². The van der Waals surface area contributed by atoms with E-state index < -0.39 is 30.1 Å². The fraction of sp³-hybridized carbons (Fsp3) is 0.500. The zero-order valence-corrected chi connectivity index (χ0v) is 5.90. The molecule has 0 heterocycles. The molecular formula is C6H10CaO5. The number of hydrogen-bond donors (Lipinski definition) is 2. The second-order valence-corrected chi connectivity index (χ2v) is 2.17. The fourth-order valence-corrected chi connectivity index (χ4v) is 0.453. The van der Waals surface area contributed by atoms with Crippen molar-refractivity contribution in [3.63, 3.8) is 0 Å². The summed E-state index contributed by atoms with van der Waals surface area (Å²) in [4.78, 5) is 30.4. The Bertz CT molecular complexity index is 200. The standard InChI is InChI=1S/C6H8O5.Ca.2H/c1-3(5(8)9)2-4(7)6(10)11;;;/h3H,2H2,1H3,(H,8,9)(H,10,11);;;. The Balaban J connectivity index is 0. The first kappa shape index (κ1) is 14.4. The summed E-state index contributed by atoms with van der Waals surface area (Å²) in [5.41, 5.74) is 0. The molecule has 0 aliphatic rings. The molecule has 0 aromatic carbocycles. The molecule has 1 atom stereocenters. The molecule has 0 bridgehead atoms. The van der Waals surface area contributed by atoms with E-state index in [1.54, 1.807) is 0 Å². The molecule has 0 rings (SSSR count). The van der Waals surface area contributed by atoms with Crippen molar-refractivity contribution in [2.24, 2.45) is 5.92 Å². The van der Waals surface area contributed by atoms with Crippen LogP contribution in [0.2, 0.25) is 0 Å². The summed E-state index contributed by atoms with van der Waals surface area (Å²) in [5, 5.41) is 16.3.